The van der Waals surface area contributed by atoms with Crippen LogP contribution in [-0.4, -0.2) is 39.9 Å². The third-order valence-corrected chi connectivity index (χ3v) is 12.5. The maximum Gasteiger partial charge on any atom is 0.335 e. The molecule has 0 spiro atoms. The van der Waals surface area contributed by atoms with E-state index in [0.29, 0.717) is 48.5 Å². The van der Waals surface area contributed by atoms with Crippen molar-refractivity contribution in [2.75, 3.05) is 0 Å². The summed E-state index contributed by atoms with van der Waals surface area (Å²) in [5.74, 6) is -0.250. The first-order valence-corrected chi connectivity index (χ1v) is 23.2. The van der Waals surface area contributed by atoms with Gasteiger partial charge in [-0.2, -0.15) is 0 Å². The van der Waals surface area contributed by atoms with Crippen molar-refractivity contribution in [1.82, 2.24) is 0 Å². The summed E-state index contributed by atoms with van der Waals surface area (Å²) in [6.45, 7) is 6.24. The Morgan fingerprint density at radius 1 is 0.672 bits per heavy atom. The number of aryl methyl sites for hydroxylation is 1. The highest BCUT2D eigenvalue weighted by molar-refractivity contribution is 6.46. The number of rotatable bonds is 22. The Kier molecular flexibility index (Phi) is 19.1. The van der Waals surface area contributed by atoms with Crippen LogP contribution in [-0.2, 0) is 25.7 Å². The highest BCUT2D eigenvalue weighted by atomic mass is 16.7. The number of ketones is 2. The van der Waals surface area contributed by atoms with Gasteiger partial charge in [0.05, 0.1) is 17.8 Å². The third kappa shape index (κ3) is 15.3. The fourth-order valence-corrected chi connectivity index (χ4v) is 9.04. The lowest BCUT2D eigenvalue weighted by Crippen LogP contribution is -2.22. The molecule has 61 heavy (non-hydrogen) atoms. The second-order valence-electron chi connectivity index (χ2n) is 18.0. The van der Waals surface area contributed by atoms with Crippen LogP contribution in [0.4, 0.5) is 5.69 Å². The molecule has 0 aliphatic heterocycles. The van der Waals surface area contributed by atoms with Gasteiger partial charge in [-0.1, -0.05) is 121 Å². The maximum atomic E-state index is 14.0. The van der Waals surface area contributed by atoms with E-state index in [-0.39, 0.29) is 59.1 Å². The van der Waals surface area contributed by atoms with Crippen molar-refractivity contribution in [3.63, 3.8) is 0 Å². The molecule has 12 nitrogen and oxygen atoms in total. The van der Waals surface area contributed by atoms with E-state index in [4.69, 9.17) is 14.4 Å². The molecule has 5 rings (SSSR count). The number of nitrogens with zero attached hydrogens (tertiary/aromatic N) is 3. The Hall–Kier alpha value is -4.74. The van der Waals surface area contributed by atoms with Gasteiger partial charge in [-0.3, -0.25) is 19.7 Å². The minimum absolute atomic E-state index is 0.0500. The summed E-state index contributed by atoms with van der Waals surface area (Å²) in [5.41, 5.74) is 0.915. The minimum atomic E-state index is -0.586. The molecule has 0 aromatic heterocycles. The van der Waals surface area contributed by atoms with Crippen molar-refractivity contribution >= 4 is 40.6 Å². The molecule has 0 amide bonds. The van der Waals surface area contributed by atoms with Crippen LogP contribution >= 0.6 is 0 Å². The van der Waals surface area contributed by atoms with Crippen molar-refractivity contribution in [2.24, 2.45) is 34.0 Å². The average Bonchev–Trinajstić information content (AvgIpc) is 3.26. The second-order valence-corrected chi connectivity index (χ2v) is 18.0. The van der Waals surface area contributed by atoms with Gasteiger partial charge in [-0.15, -0.1) is 0 Å². The van der Waals surface area contributed by atoms with E-state index >= 15 is 0 Å². The molecule has 0 N–H and O–H groups in total. The average molecular weight is 842 g/mol. The number of hydrogen-bond acceptors (Lipinski definition) is 11. The van der Waals surface area contributed by atoms with Gasteiger partial charge < -0.3 is 14.4 Å². The van der Waals surface area contributed by atoms with Gasteiger partial charge in [0.25, 0.3) is 0 Å². The molecule has 0 unspecified atom stereocenters. The van der Waals surface area contributed by atoms with E-state index in [2.05, 4.69) is 24.2 Å². The summed E-state index contributed by atoms with van der Waals surface area (Å²) in [7, 11) is 0. The third-order valence-electron chi connectivity index (χ3n) is 12.5. The van der Waals surface area contributed by atoms with Gasteiger partial charge in [-0.05, 0) is 111 Å². The van der Waals surface area contributed by atoms with E-state index in [1.54, 1.807) is 18.2 Å². The van der Waals surface area contributed by atoms with Crippen LogP contribution in [0.15, 0.2) is 46.7 Å². The van der Waals surface area contributed by atoms with E-state index in [9.17, 15) is 29.3 Å². The molecule has 12 heteroatoms. The van der Waals surface area contributed by atoms with Gasteiger partial charge >= 0.3 is 17.6 Å². The molecule has 3 fully saturated rings. The fourth-order valence-electron chi connectivity index (χ4n) is 9.04. The van der Waals surface area contributed by atoms with Crippen LogP contribution in [0.2, 0.25) is 0 Å². The van der Waals surface area contributed by atoms with Crippen molar-refractivity contribution in [3.05, 3.63) is 63.2 Å². The lowest BCUT2D eigenvalue weighted by Gasteiger charge is -2.22. The Morgan fingerprint density at radius 2 is 1.16 bits per heavy atom. The highest BCUT2D eigenvalue weighted by Gasteiger charge is 2.28. The Morgan fingerprint density at radius 3 is 1.69 bits per heavy atom. The van der Waals surface area contributed by atoms with E-state index in [1.165, 1.54) is 31.0 Å². The topological polar surface area (TPSA) is 164 Å². The molecule has 332 valence electrons. The summed E-state index contributed by atoms with van der Waals surface area (Å²) >= 11 is 0. The predicted molar refractivity (Wildman–Crippen MR) is 236 cm³/mol. The van der Waals surface area contributed by atoms with E-state index in [0.717, 1.165) is 103 Å². The number of ether oxygens (including phenoxy) is 1. The molecule has 3 saturated carbocycles. The lowest BCUT2D eigenvalue weighted by molar-refractivity contribution is -0.385. The quantitative estimate of drug-likeness (QED) is 0.0280. The first-order valence-electron chi connectivity index (χ1n) is 23.2. The molecule has 2 aromatic rings. The van der Waals surface area contributed by atoms with Gasteiger partial charge in [0, 0.05) is 17.2 Å². The number of benzene rings is 2. The summed E-state index contributed by atoms with van der Waals surface area (Å²) in [5, 5.41) is 20.8. The molecule has 0 heterocycles. The molecule has 0 radical (unpaired) electrons. The molecule has 0 saturated heterocycles. The molecule has 0 atom stereocenters. The number of oxime groups is 2. The minimum Gasteiger partial charge on any atom is -0.450 e. The van der Waals surface area contributed by atoms with E-state index < -0.39 is 28.3 Å². The number of nitro groups is 1. The Labute approximate surface area is 361 Å². The highest BCUT2D eigenvalue weighted by Crippen LogP contribution is 2.36. The number of nitro benzene ring substituents is 1. The van der Waals surface area contributed by atoms with Crippen molar-refractivity contribution < 1.29 is 38.5 Å². The predicted octanol–water partition coefficient (Wildman–Crippen LogP) is 12.6. The van der Waals surface area contributed by atoms with Crippen LogP contribution in [0, 0.1) is 33.8 Å². The first-order chi connectivity index (χ1) is 29.5. The monoisotopic (exact) mass is 841 g/mol. The maximum absolute atomic E-state index is 14.0. The number of unbranched alkanes of at least 4 members (excludes halogenated alkanes) is 1. The molecule has 2 aromatic carbocycles. The smallest absolute Gasteiger partial charge is 0.335 e. The van der Waals surface area contributed by atoms with Gasteiger partial charge in [0.15, 0.2) is 0 Å². The van der Waals surface area contributed by atoms with Gasteiger partial charge in [0.2, 0.25) is 17.3 Å². The van der Waals surface area contributed by atoms with Crippen LogP contribution in [0.3, 0.4) is 0 Å². The van der Waals surface area contributed by atoms with Crippen LogP contribution in [0.25, 0.3) is 0 Å². The number of hydrogen-bond donors (Lipinski definition) is 0. The van der Waals surface area contributed by atoms with E-state index in [1.807, 2.05) is 6.92 Å². The molecule has 3 aliphatic carbocycles. The molecular weight excluding hydrogens is 775 g/mol. The summed E-state index contributed by atoms with van der Waals surface area (Å²) < 4.78 is 6.28. The summed E-state index contributed by atoms with van der Waals surface area (Å²) in [6, 6.07) is 9.04. The molecular formula is C49H67N3O9. The van der Waals surface area contributed by atoms with Crippen LogP contribution in [0.5, 0.6) is 11.5 Å². The first kappa shape index (κ1) is 47.3. The zero-order valence-corrected chi connectivity index (χ0v) is 36.8. The number of Topliss-reactive ketones (excluding diaryl/α,β-unsaturated/α-hetero) is 2. The van der Waals surface area contributed by atoms with Gasteiger partial charge in [-0.25, -0.2) is 9.59 Å². The van der Waals surface area contributed by atoms with Crippen molar-refractivity contribution in [1.29, 1.82) is 0 Å². The van der Waals surface area contributed by atoms with Gasteiger partial charge in [0.1, 0.15) is 17.2 Å². The zero-order chi connectivity index (χ0) is 43.6. The second kappa shape index (κ2) is 24.6. The molecule has 3 aliphatic rings. The fraction of sp³-hybridized carbons (Fsp3) is 0.633. The number of carbonyl (C=O) groups excluding carboxylic acids is 4. The van der Waals surface area contributed by atoms with Crippen molar-refractivity contribution in [2.45, 2.75) is 175 Å². The molecule has 0 bridgehead atoms. The Balaban J connectivity index is 1.37. The zero-order valence-electron chi connectivity index (χ0n) is 36.8. The SMILES string of the molecule is CCC/C(=N\OC(=O)CC1CCCCC1)C(=O)c1ccc(Oc2ccc(C(=O)/C(CC3CCCCC3)=N/OC(=O)CC3CCCCC3)cc2[N+](=O)[O-])c(CCCCC(C)C)c1. The summed E-state index contributed by atoms with van der Waals surface area (Å²) in [4.78, 5) is 76.0. The van der Waals surface area contributed by atoms with Crippen LogP contribution < -0.4 is 4.74 Å². The normalized spacial score (nSPS) is 17.2. The summed E-state index contributed by atoms with van der Waals surface area (Å²) in [6.07, 6.45) is 20.9. The number of carbonyl (C=O) groups is 4. The largest absolute Gasteiger partial charge is 0.450 e. The van der Waals surface area contributed by atoms with Crippen LogP contribution in [0.1, 0.15) is 195 Å². The lowest BCUT2D eigenvalue weighted by atomic mass is 9.84. The van der Waals surface area contributed by atoms with Crippen molar-refractivity contribution in [3.8, 4) is 11.5 Å². The standard InChI is InChI=1S/C49H67N3O9/c1-4-16-41(50-60-46(53)30-36-20-10-6-11-21-36)48(55)39-25-27-44(38(32-39)24-15-14-17-34(2)3)59-45-28-26-40(33-43(45)52(57)58)49(56)42(29-35-18-8-5-9-19-35)51-61-47(54)31-37-22-12-7-13-23-37/h25-28,32-37H,4-24,29-31H2,1-3H3/b50-41+,51-42+. The Bertz CT molecular complexity index is 1870.